The number of nitrogens with one attached hydrogen (secondary N) is 1. The van der Waals surface area contributed by atoms with Crippen molar-refractivity contribution in [2.75, 3.05) is 0 Å². The Labute approximate surface area is 79.9 Å². The fourth-order valence-electron chi connectivity index (χ4n) is 1.88. The van der Waals surface area contributed by atoms with Crippen LogP contribution in [0, 0.1) is 11.8 Å². The Balaban J connectivity index is 2.35. The van der Waals surface area contributed by atoms with E-state index >= 15 is 0 Å². The van der Waals surface area contributed by atoms with Crippen molar-refractivity contribution in [2.24, 2.45) is 17.6 Å². The molecule has 3 unspecified atom stereocenters. The Morgan fingerprint density at radius 1 is 1.33 bits per heavy atom. The Morgan fingerprint density at radius 2 is 2.00 bits per heavy atom. The van der Waals surface area contributed by atoms with E-state index in [1.54, 1.807) is 0 Å². The van der Waals surface area contributed by atoms with Gasteiger partial charge in [-0.25, -0.2) is 0 Å². The number of rotatable bonds is 1. The molecule has 3 atom stereocenters. The van der Waals surface area contributed by atoms with Gasteiger partial charge in [0.15, 0.2) is 5.11 Å². The summed E-state index contributed by atoms with van der Waals surface area (Å²) in [6.07, 6.45) is 3.71. The van der Waals surface area contributed by atoms with Crippen LogP contribution in [0.4, 0.5) is 0 Å². The van der Waals surface area contributed by atoms with Gasteiger partial charge in [-0.2, -0.15) is 0 Å². The van der Waals surface area contributed by atoms with Crippen molar-refractivity contribution in [3.63, 3.8) is 0 Å². The van der Waals surface area contributed by atoms with Crippen LogP contribution in [-0.4, -0.2) is 11.2 Å². The van der Waals surface area contributed by atoms with Gasteiger partial charge >= 0.3 is 0 Å². The molecule has 0 aromatic rings. The minimum Gasteiger partial charge on any atom is -0.376 e. The highest BCUT2D eigenvalue weighted by molar-refractivity contribution is 7.80. The van der Waals surface area contributed by atoms with E-state index in [4.69, 9.17) is 18.0 Å². The van der Waals surface area contributed by atoms with Gasteiger partial charge < -0.3 is 11.1 Å². The summed E-state index contributed by atoms with van der Waals surface area (Å²) in [5.41, 5.74) is 5.42. The van der Waals surface area contributed by atoms with Crippen molar-refractivity contribution in [2.45, 2.75) is 39.2 Å². The lowest BCUT2D eigenvalue weighted by Gasteiger charge is -2.32. The van der Waals surface area contributed by atoms with Gasteiger partial charge in [-0.3, -0.25) is 0 Å². The molecule has 0 saturated heterocycles. The first-order valence-electron chi connectivity index (χ1n) is 4.65. The van der Waals surface area contributed by atoms with E-state index in [9.17, 15) is 0 Å². The Morgan fingerprint density at radius 3 is 2.50 bits per heavy atom. The normalized spacial score (nSPS) is 36.0. The highest BCUT2D eigenvalue weighted by Gasteiger charge is 2.24. The number of thiocarbonyl (C=S) groups is 1. The maximum Gasteiger partial charge on any atom is 0.163 e. The van der Waals surface area contributed by atoms with Crippen molar-refractivity contribution in [3.8, 4) is 0 Å². The Bertz CT molecular complexity index is 170. The zero-order valence-corrected chi connectivity index (χ0v) is 8.66. The fourth-order valence-corrected chi connectivity index (χ4v) is 2.05. The second-order valence-electron chi connectivity index (χ2n) is 3.97. The molecule has 70 valence electrons. The molecule has 1 aliphatic rings. The lowest BCUT2D eigenvalue weighted by molar-refractivity contribution is 0.240. The largest absolute Gasteiger partial charge is 0.376 e. The average molecular weight is 186 g/mol. The first-order chi connectivity index (χ1) is 5.59. The quantitative estimate of drug-likeness (QED) is 0.611. The number of nitrogens with two attached hydrogens (primary N) is 1. The molecule has 1 aliphatic carbocycles. The minimum atomic E-state index is 0.446. The lowest BCUT2D eigenvalue weighted by Crippen LogP contribution is -2.42. The smallest absolute Gasteiger partial charge is 0.163 e. The molecular weight excluding hydrogens is 168 g/mol. The van der Waals surface area contributed by atoms with Gasteiger partial charge in [0, 0.05) is 6.04 Å². The molecule has 0 amide bonds. The first kappa shape index (κ1) is 9.78. The topological polar surface area (TPSA) is 38.0 Å². The zero-order valence-electron chi connectivity index (χ0n) is 7.84. The SMILES string of the molecule is CC1CCC(NC(N)=S)CC1C. The second kappa shape index (κ2) is 4.08. The van der Waals surface area contributed by atoms with Gasteiger partial charge in [0.1, 0.15) is 0 Å². The van der Waals surface area contributed by atoms with Crippen LogP contribution in [-0.2, 0) is 0 Å². The third kappa shape index (κ3) is 2.63. The van der Waals surface area contributed by atoms with Gasteiger partial charge in [-0.15, -0.1) is 0 Å². The number of hydrogen-bond acceptors (Lipinski definition) is 1. The molecule has 0 aromatic heterocycles. The molecule has 3 heteroatoms. The Hall–Kier alpha value is -0.310. The highest BCUT2D eigenvalue weighted by Crippen LogP contribution is 2.29. The van der Waals surface area contributed by atoms with E-state index < -0.39 is 0 Å². The summed E-state index contributed by atoms with van der Waals surface area (Å²) in [5.74, 6) is 1.65. The molecule has 0 aromatic carbocycles. The molecule has 0 heterocycles. The summed E-state index contributed by atoms with van der Waals surface area (Å²) in [4.78, 5) is 0. The van der Waals surface area contributed by atoms with Crippen LogP contribution in [0.3, 0.4) is 0 Å². The van der Waals surface area contributed by atoms with Crippen LogP contribution in [0.1, 0.15) is 33.1 Å². The second-order valence-corrected chi connectivity index (χ2v) is 4.41. The van der Waals surface area contributed by atoms with E-state index in [-0.39, 0.29) is 0 Å². The predicted molar refractivity (Wildman–Crippen MR) is 55.9 cm³/mol. The molecule has 2 nitrogen and oxygen atoms in total. The minimum absolute atomic E-state index is 0.446. The monoisotopic (exact) mass is 186 g/mol. The molecule has 12 heavy (non-hydrogen) atoms. The van der Waals surface area contributed by atoms with E-state index in [1.165, 1.54) is 19.3 Å². The first-order valence-corrected chi connectivity index (χ1v) is 5.06. The van der Waals surface area contributed by atoms with Crippen LogP contribution < -0.4 is 11.1 Å². The van der Waals surface area contributed by atoms with Gasteiger partial charge in [0.05, 0.1) is 0 Å². The van der Waals surface area contributed by atoms with Gasteiger partial charge in [0.25, 0.3) is 0 Å². The van der Waals surface area contributed by atoms with E-state index in [1.807, 2.05) is 0 Å². The molecule has 3 N–H and O–H groups in total. The molecule has 1 saturated carbocycles. The molecule has 0 radical (unpaired) electrons. The summed E-state index contributed by atoms with van der Waals surface area (Å²) in [6, 6.07) is 0.522. The van der Waals surface area contributed by atoms with E-state index in [0.717, 1.165) is 11.8 Å². The van der Waals surface area contributed by atoms with Crippen molar-refractivity contribution < 1.29 is 0 Å². The molecule has 0 bridgehead atoms. The summed E-state index contributed by atoms with van der Waals surface area (Å²) in [5, 5.41) is 3.59. The van der Waals surface area contributed by atoms with Crippen LogP contribution in [0.15, 0.2) is 0 Å². The van der Waals surface area contributed by atoms with Crippen LogP contribution in [0.5, 0.6) is 0 Å². The molecule has 0 spiro atoms. The third-order valence-corrected chi connectivity index (χ3v) is 3.06. The van der Waals surface area contributed by atoms with Crippen molar-refractivity contribution in [1.29, 1.82) is 0 Å². The molecule has 1 fully saturated rings. The van der Waals surface area contributed by atoms with Crippen LogP contribution in [0.2, 0.25) is 0 Å². The summed E-state index contributed by atoms with van der Waals surface area (Å²) in [6.45, 7) is 4.62. The van der Waals surface area contributed by atoms with Crippen molar-refractivity contribution >= 4 is 17.3 Å². The van der Waals surface area contributed by atoms with Crippen LogP contribution in [0.25, 0.3) is 0 Å². The van der Waals surface area contributed by atoms with E-state index in [2.05, 4.69) is 19.2 Å². The van der Waals surface area contributed by atoms with Crippen LogP contribution >= 0.6 is 12.2 Å². The standard InChI is InChI=1S/C9H18N2S/c1-6-3-4-8(5-7(6)2)11-9(10)12/h6-8H,3-5H2,1-2H3,(H3,10,11,12). The van der Waals surface area contributed by atoms with Crippen molar-refractivity contribution in [1.82, 2.24) is 5.32 Å². The average Bonchev–Trinajstić information content (AvgIpc) is 1.96. The van der Waals surface area contributed by atoms with Gasteiger partial charge in [0.2, 0.25) is 0 Å². The maximum atomic E-state index is 5.42. The summed E-state index contributed by atoms with van der Waals surface area (Å²) >= 11 is 4.81. The molecule has 1 rings (SSSR count). The zero-order chi connectivity index (χ0) is 9.14. The fraction of sp³-hybridized carbons (Fsp3) is 0.889. The third-order valence-electron chi connectivity index (χ3n) is 2.94. The number of hydrogen-bond donors (Lipinski definition) is 2. The molecule has 0 aliphatic heterocycles. The van der Waals surface area contributed by atoms with E-state index in [0.29, 0.717) is 11.2 Å². The van der Waals surface area contributed by atoms with Gasteiger partial charge in [-0.05, 0) is 43.3 Å². The predicted octanol–water partition coefficient (Wildman–Crippen LogP) is 1.64. The summed E-state index contributed by atoms with van der Waals surface area (Å²) < 4.78 is 0. The molecular formula is C9H18N2S. The highest BCUT2D eigenvalue weighted by atomic mass is 32.1. The lowest BCUT2D eigenvalue weighted by atomic mass is 9.79. The van der Waals surface area contributed by atoms with Crippen molar-refractivity contribution in [3.05, 3.63) is 0 Å². The van der Waals surface area contributed by atoms with Gasteiger partial charge in [-0.1, -0.05) is 13.8 Å². The maximum absolute atomic E-state index is 5.42. The summed E-state index contributed by atoms with van der Waals surface area (Å²) in [7, 11) is 0. The Kier molecular flexibility index (Phi) is 3.32.